The van der Waals surface area contributed by atoms with Crippen LogP contribution < -0.4 is 14.3 Å². The lowest BCUT2D eigenvalue weighted by Crippen LogP contribution is -2.35. The third-order valence-corrected chi connectivity index (χ3v) is 10.2. The fraction of sp³-hybridized carbons (Fsp3) is 0.138. The van der Waals surface area contributed by atoms with Gasteiger partial charge >= 0.3 is 0 Å². The van der Waals surface area contributed by atoms with Crippen molar-refractivity contribution in [1.29, 1.82) is 0 Å². The first kappa shape index (κ1) is 27.7. The summed E-state index contributed by atoms with van der Waals surface area (Å²) in [5.41, 5.74) is 2.89. The molecular formula is C29H26ClN3O5S2. The van der Waals surface area contributed by atoms with Crippen molar-refractivity contribution in [3.8, 4) is 0 Å². The molecule has 0 saturated carbocycles. The summed E-state index contributed by atoms with van der Waals surface area (Å²) in [7, 11) is -7.92. The van der Waals surface area contributed by atoms with Crippen molar-refractivity contribution < 1.29 is 21.6 Å². The standard InChI is InChI=1S/C29H26ClN3O5S2/c1-19-13-14-25(39(35,36)32-24-10-6-9-23(30)17-24)18-27(19)31-29(34)22-8-5-11-26(16-22)40(37,38)33-20(2)15-21-7-3-4-12-28(21)33/h3-14,16-18,20,32H,15H2,1-2H3,(H,31,34). The van der Waals surface area contributed by atoms with E-state index in [9.17, 15) is 21.6 Å². The van der Waals surface area contributed by atoms with Crippen LogP contribution in [-0.2, 0) is 26.5 Å². The summed E-state index contributed by atoms with van der Waals surface area (Å²) in [5, 5.41) is 3.10. The van der Waals surface area contributed by atoms with Gasteiger partial charge in [0.05, 0.1) is 21.2 Å². The van der Waals surface area contributed by atoms with Crippen LogP contribution in [0.15, 0.2) is 101 Å². The zero-order chi connectivity index (χ0) is 28.7. The van der Waals surface area contributed by atoms with Crippen molar-refractivity contribution in [3.05, 3.63) is 113 Å². The van der Waals surface area contributed by atoms with Gasteiger partial charge in [-0.15, -0.1) is 0 Å². The van der Waals surface area contributed by atoms with Crippen molar-refractivity contribution in [2.45, 2.75) is 36.1 Å². The van der Waals surface area contributed by atoms with Gasteiger partial charge in [0.15, 0.2) is 0 Å². The van der Waals surface area contributed by atoms with E-state index in [4.69, 9.17) is 11.6 Å². The molecule has 0 aromatic heterocycles. The number of sulfonamides is 2. The third kappa shape index (κ3) is 5.42. The topological polar surface area (TPSA) is 113 Å². The highest BCUT2D eigenvalue weighted by molar-refractivity contribution is 7.93. The van der Waals surface area contributed by atoms with E-state index in [0.717, 1.165) is 5.56 Å². The fourth-order valence-corrected chi connectivity index (χ4v) is 7.68. The molecule has 206 valence electrons. The normalized spacial score (nSPS) is 15.0. The quantitative estimate of drug-likeness (QED) is 0.279. The van der Waals surface area contributed by atoms with Gasteiger partial charge in [0, 0.05) is 22.3 Å². The molecule has 8 nitrogen and oxygen atoms in total. The number of aryl methyl sites for hydroxylation is 1. The van der Waals surface area contributed by atoms with Gasteiger partial charge in [-0.3, -0.25) is 13.8 Å². The van der Waals surface area contributed by atoms with E-state index in [0.29, 0.717) is 28.4 Å². The number of hydrogen-bond acceptors (Lipinski definition) is 5. The molecule has 40 heavy (non-hydrogen) atoms. The number of amides is 1. The molecular weight excluding hydrogens is 570 g/mol. The van der Waals surface area contributed by atoms with Gasteiger partial charge < -0.3 is 5.32 Å². The first-order chi connectivity index (χ1) is 19.0. The Morgan fingerprint density at radius 1 is 0.875 bits per heavy atom. The van der Waals surface area contributed by atoms with Crippen LogP contribution in [0.5, 0.6) is 0 Å². The number of carbonyl (C=O) groups excluding carboxylic acids is 1. The molecule has 1 aliphatic heterocycles. The van der Waals surface area contributed by atoms with Crippen LogP contribution in [0.25, 0.3) is 0 Å². The van der Waals surface area contributed by atoms with Gasteiger partial charge in [0.1, 0.15) is 0 Å². The van der Waals surface area contributed by atoms with Gasteiger partial charge in [0.2, 0.25) is 0 Å². The van der Waals surface area contributed by atoms with E-state index >= 15 is 0 Å². The number of fused-ring (bicyclic) bond motifs is 1. The highest BCUT2D eigenvalue weighted by Crippen LogP contribution is 2.36. The van der Waals surface area contributed by atoms with Gasteiger partial charge in [-0.2, -0.15) is 0 Å². The average molecular weight is 596 g/mol. The minimum atomic E-state index is -3.98. The third-order valence-electron chi connectivity index (χ3n) is 6.64. The van der Waals surface area contributed by atoms with Crippen molar-refractivity contribution in [2.75, 3.05) is 14.3 Å². The second-order valence-electron chi connectivity index (χ2n) is 9.56. The predicted molar refractivity (Wildman–Crippen MR) is 157 cm³/mol. The molecule has 1 heterocycles. The Labute approximate surface area is 238 Å². The van der Waals surface area contributed by atoms with Gasteiger partial charge in [-0.1, -0.05) is 48.0 Å². The van der Waals surface area contributed by atoms with Gasteiger partial charge in [-0.05, 0) is 86.0 Å². The molecule has 1 unspecified atom stereocenters. The molecule has 5 rings (SSSR count). The summed E-state index contributed by atoms with van der Waals surface area (Å²) < 4.78 is 57.1. The number of para-hydroxylation sites is 1. The molecule has 0 spiro atoms. The van der Waals surface area contributed by atoms with E-state index < -0.39 is 26.0 Å². The number of rotatable bonds is 7. The number of benzene rings is 4. The van der Waals surface area contributed by atoms with Crippen molar-refractivity contribution in [2.24, 2.45) is 0 Å². The molecule has 0 radical (unpaired) electrons. The van der Waals surface area contributed by atoms with E-state index in [2.05, 4.69) is 10.0 Å². The summed E-state index contributed by atoms with van der Waals surface area (Å²) in [6.07, 6.45) is 0.597. The lowest BCUT2D eigenvalue weighted by Gasteiger charge is -2.24. The Morgan fingerprint density at radius 3 is 2.40 bits per heavy atom. The Morgan fingerprint density at radius 2 is 1.62 bits per heavy atom. The maximum Gasteiger partial charge on any atom is 0.264 e. The second-order valence-corrected chi connectivity index (χ2v) is 13.5. The molecule has 0 saturated heterocycles. The van der Waals surface area contributed by atoms with Gasteiger partial charge in [-0.25, -0.2) is 16.8 Å². The molecule has 1 amide bonds. The molecule has 4 aromatic carbocycles. The van der Waals surface area contributed by atoms with Gasteiger partial charge in [0.25, 0.3) is 26.0 Å². The number of nitrogens with one attached hydrogen (secondary N) is 2. The lowest BCUT2D eigenvalue weighted by molar-refractivity contribution is 0.102. The smallest absolute Gasteiger partial charge is 0.264 e. The van der Waals surface area contributed by atoms with E-state index in [1.807, 2.05) is 19.1 Å². The molecule has 11 heteroatoms. The van der Waals surface area contributed by atoms with Crippen LogP contribution in [0.1, 0.15) is 28.4 Å². The lowest BCUT2D eigenvalue weighted by atomic mass is 10.1. The average Bonchev–Trinajstić information content (AvgIpc) is 3.26. The maximum atomic E-state index is 13.6. The van der Waals surface area contributed by atoms with E-state index in [1.165, 1.54) is 46.8 Å². The zero-order valence-corrected chi connectivity index (χ0v) is 24.0. The molecule has 1 aliphatic rings. The van der Waals surface area contributed by atoms with E-state index in [1.54, 1.807) is 43.3 Å². The minimum absolute atomic E-state index is 0.0116. The Kier molecular flexibility index (Phi) is 7.34. The Balaban J connectivity index is 1.40. The number of halogens is 1. The number of carbonyl (C=O) groups is 1. The van der Waals surface area contributed by atoms with Crippen LogP contribution >= 0.6 is 11.6 Å². The van der Waals surface area contributed by atoms with E-state index in [-0.39, 0.29) is 27.1 Å². The number of hydrogen-bond donors (Lipinski definition) is 2. The summed E-state index contributed by atoms with van der Waals surface area (Å²) >= 11 is 5.96. The summed E-state index contributed by atoms with van der Waals surface area (Å²) in [6.45, 7) is 3.57. The SMILES string of the molecule is Cc1ccc(S(=O)(=O)Nc2cccc(Cl)c2)cc1NC(=O)c1cccc(S(=O)(=O)N2c3ccccc3CC2C)c1. The maximum absolute atomic E-state index is 13.6. The minimum Gasteiger partial charge on any atom is -0.322 e. The van der Waals surface area contributed by atoms with Crippen molar-refractivity contribution in [1.82, 2.24) is 0 Å². The molecule has 4 aromatic rings. The van der Waals surface area contributed by atoms with Crippen LogP contribution in [-0.4, -0.2) is 28.8 Å². The summed E-state index contributed by atoms with van der Waals surface area (Å²) in [5.74, 6) is -0.577. The highest BCUT2D eigenvalue weighted by atomic mass is 35.5. The number of anilines is 3. The molecule has 2 N–H and O–H groups in total. The zero-order valence-electron chi connectivity index (χ0n) is 21.6. The summed E-state index contributed by atoms with van der Waals surface area (Å²) in [4.78, 5) is 13.1. The van der Waals surface area contributed by atoms with Crippen LogP contribution in [0.4, 0.5) is 17.1 Å². The second kappa shape index (κ2) is 10.6. The molecule has 0 fully saturated rings. The fourth-order valence-electron chi connectivity index (χ4n) is 4.68. The van der Waals surface area contributed by atoms with Crippen molar-refractivity contribution in [3.63, 3.8) is 0 Å². The first-order valence-electron chi connectivity index (χ1n) is 12.4. The van der Waals surface area contributed by atoms with Crippen LogP contribution in [0.2, 0.25) is 5.02 Å². The summed E-state index contributed by atoms with van der Waals surface area (Å²) in [6, 6.07) is 23.6. The highest BCUT2D eigenvalue weighted by Gasteiger charge is 2.36. The molecule has 0 aliphatic carbocycles. The van der Waals surface area contributed by atoms with Crippen LogP contribution in [0.3, 0.4) is 0 Å². The largest absolute Gasteiger partial charge is 0.322 e. The van der Waals surface area contributed by atoms with Crippen molar-refractivity contribution >= 4 is 54.6 Å². The van der Waals surface area contributed by atoms with Crippen LogP contribution in [0, 0.1) is 6.92 Å². The predicted octanol–water partition coefficient (Wildman–Crippen LogP) is 5.84. The monoisotopic (exact) mass is 595 g/mol. The molecule has 1 atom stereocenters. The Hall–Kier alpha value is -3.86. The Bertz CT molecular complexity index is 1840. The number of nitrogens with zero attached hydrogens (tertiary/aromatic N) is 1. The first-order valence-corrected chi connectivity index (χ1v) is 15.7. The molecule has 0 bridgehead atoms.